The van der Waals surface area contributed by atoms with E-state index in [1.165, 1.54) is 10.9 Å². The Morgan fingerprint density at radius 3 is 2.56 bits per heavy atom. The lowest BCUT2D eigenvalue weighted by Crippen LogP contribution is -2.30. The molecule has 25 heavy (non-hydrogen) atoms. The average molecular weight is 366 g/mol. The lowest BCUT2D eigenvalue weighted by Gasteiger charge is -2.15. The van der Waals surface area contributed by atoms with E-state index in [1.807, 2.05) is 13.8 Å². The van der Waals surface area contributed by atoms with E-state index in [9.17, 15) is 14.4 Å². The van der Waals surface area contributed by atoms with Crippen LogP contribution < -0.4 is 5.56 Å². The van der Waals surface area contributed by atoms with Crippen molar-refractivity contribution in [1.29, 1.82) is 0 Å². The minimum atomic E-state index is -0.798. The van der Waals surface area contributed by atoms with Crippen LogP contribution in [0.4, 0.5) is 0 Å². The van der Waals surface area contributed by atoms with Gasteiger partial charge in [-0.05, 0) is 32.3 Å². The molecule has 0 saturated carbocycles. The Kier molecular flexibility index (Phi) is 5.94. The number of carbonyl (C=O) groups is 2. The molecule has 2 aromatic heterocycles. The monoisotopic (exact) mass is 366 g/mol. The van der Waals surface area contributed by atoms with E-state index in [1.54, 1.807) is 20.8 Å². The predicted molar refractivity (Wildman–Crippen MR) is 95.1 cm³/mol. The molecule has 0 radical (unpaired) electrons. The predicted octanol–water partition coefficient (Wildman–Crippen LogP) is 2.70. The third-order valence-corrected chi connectivity index (χ3v) is 4.83. The molecule has 0 amide bonds. The molecule has 0 aromatic carbocycles. The first-order chi connectivity index (χ1) is 11.8. The number of hydrogen-bond donors (Lipinski definition) is 0. The van der Waals surface area contributed by atoms with Gasteiger partial charge >= 0.3 is 11.9 Å². The Labute approximate surface area is 149 Å². The number of hydrogen-bond acceptors (Lipinski definition) is 7. The summed E-state index contributed by atoms with van der Waals surface area (Å²) in [6, 6.07) is -0.798. The second-order valence-corrected chi connectivity index (χ2v) is 7.11. The molecule has 0 bridgehead atoms. The van der Waals surface area contributed by atoms with Crippen molar-refractivity contribution in [1.82, 2.24) is 9.55 Å². The quantitative estimate of drug-likeness (QED) is 0.731. The average Bonchev–Trinajstić information content (AvgIpc) is 2.90. The maximum atomic E-state index is 12.8. The lowest BCUT2D eigenvalue weighted by molar-refractivity contribution is -0.148. The van der Waals surface area contributed by atoms with Gasteiger partial charge in [0, 0.05) is 0 Å². The minimum absolute atomic E-state index is 0.208. The highest BCUT2D eigenvalue weighted by Crippen LogP contribution is 2.27. The highest BCUT2D eigenvalue weighted by Gasteiger charge is 2.24. The van der Waals surface area contributed by atoms with E-state index >= 15 is 0 Å². The van der Waals surface area contributed by atoms with E-state index in [2.05, 4.69) is 4.98 Å². The molecule has 0 aliphatic carbocycles. The molecular formula is C17H22N2O5S. The van der Waals surface area contributed by atoms with Crippen molar-refractivity contribution in [2.24, 2.45) is 5.92 Å². The first kappa shape index (κ1) is 19.1. The van der Waals surface area contributed by atoms with Crippen molar-refractivity contribution >= 4 is 33.5 Å². The fourth-order valence-electron chi connectivity index (χ4n) is 2.29. The van der Waals surface area contributed by atoms with Crippen LogP contribution in [0.3, 0.4) is 0 Å². The van der Waals surface area contributed by atoms with Crippen LogP contribution in [-0.2, 0) is 14.3 Å². The highest BCUT2D eigenvalue weighted by molar-refractivity contribution is 7.20. The minimum Gasteiger partial charge on any atom is -0.464 e. The van der Waals surface area contributed by atoms with Crippen molar-refractivity contribution in [2.45, 2.75) is 40.7 Å². The topological polar surface area (TPSA) is 87.5 Å². The number of aryl methyl sites for hydroxylation is 1. The summed E-state index contributed by atoms with van der Waals surface area (Å²) in [5, 5.41) is 0.332. The summed E-state index contributed by atoms with van der Waals surface area (Å²) in [6.45, 7) is 9.40. The van der Waals surface area contributed by atoms with Crippen molar-refractivity contribution in [3.8, 4) is 0 Å². The number of fused-ring (bicyclic) bond motifs is 1. The van der Waals surface area contributed by atoms with Gasteiger partial charge in [0.25, 0.3) is 5.56 Å². The third kappa shape index (κ3) is 3.89. The first-order valence-electron chi connectivity index (χ1n) is 8.11. The molecule has 7 nitrogen and oxygen atoms in total. The number of nitrogens with zero attached hydrogens (tertiary/aromatic N) is 2. The maximum absolute atomic E-state index is 12.8. The second kappa shape index (κ2) is 7.77. The normalized spacial score (nSPS) is 12.4. The summed E-state index contributed by atoms with van der Waals surface area (Å²) >= 11 is 1.11. The van der Waals surface area contributed by atoms with E-state index in [0.29, 0.717) is 20.7 Å². The van der Waals surface area contributed by atoms with Crippen LogP contribution in [0.15, 0.2) is 11.1 Å². The van der Waals surface area contributed by atoms with Gasteiger partial charge in [0.1, 0.15) is 15.7 Å². The van der Waals surface area contributed by atoms with Gasteiger partial charge in [-0.15, -0.1) is 11.3 Å². The van der Waals surface area contributed by atoms with Crippen LogP contribution in [-0.4, -0.2) is 34.7 Å². The molecule has 2 aromatic rings. The number of esters is 2. The van der Waals surface area contributed by atoms with Crippen LogP contribution in [0.1, 0.15) is 49.0 Å². The van der Waals surface area contributed by atoms with Gasteiger partial charge in [0.2, 0.25) is 0 Å². The maximum Gasteiger partial charge on any atom is 0.348 e. The smallest absolute Gasteiger partial charge is 0.348 e. The van der Waals surface area contributed by atoms with E-state index < -0.39 is 18.0 Å². The van der Waals surface area contributed by atoms with Gasteiger partial charge in [0.15, 0.2) is 0 Å². The summed E-state index contributed by atoms with van der Waals surface area (Å²) in [5.74, 6) is -0.756. The van der Waals surface area contributed by atoms with E-state index in [4.69, 9.17) is 9.47 Å². The van der Waals surface area contributed by atoms with Gasteiger partial charge in [0.05, 0.1) is 24.9 Å². The van der Waals surface area contributed by atoms with E-state index in [-0.39, 0.29) is 24.7 Å². The lowest BCUT2D eigenvalue weighted by atomic mass is 10.2. The fourth-order valence-corrected chi connectivity index (χ4v) is 3.32. The molecule has 0 aliphatic rings. The van der Waals surface area contributed by atoms with Crippen molar-refractivity contribution < 1.29 is 19.1 Å². The third-order valence-electron chi connectivity index (χ3n) is 3.65. The van der Waals surface area contributed by atoms with Gasteiger partial charge < -0.3 is 9.47 Å². The van der Waals surface area contributed by atoms with Crippen molar-refractivity contribution in [2.75, 3.05) is 13.2 Å². The first-order valence-corrected chi connectivity index (χ1v) is 8.93. The van der Waals surface area contributed by atoms with Crippen LogP contribution in [0.2, 0.25) is 0 Å². The number of carbonyl (C=O) groups excluding carboxylic acids is 2. The van der Waals surface area contributed by atoms with Crippen molar-refractivity contribution in [3.63, 3.8) is 0 Å². The highest BCUT2D eigenvalue weighted by atomic mass is 32.1. The molecule has 136 valence electrons. The molecular weight excluding hydrogens is 344 g/mol. The summed E-state index contributed by atoms with van der Waals surface area (Å²) in [4.78, 5) is 42.0. The number of aromatic nitrogens is 2. The van der Waals surface area contributed by atoms with E-state index in [0.717, 1.165) is 11.3 Å². The summed E-state index contributed by atoms with van der Waals surface area (Å²) in [7, 11) is 0. The second-order valence-electron chi connectivity index (χ2n) is 6.11. The molecule has 0 fully saturated rings. The molecule has 0 unspecified atom stereocenters. The fraction of sp³-hybridized carbons (Fsp3) is 0.529. The number of ether oxygens (including phenoxy) is 2. The molecule has 2 rings (SSSR count). The number of thiophene rings is 1. The largest absolute Gasteiger partial charge is 0.464 e. The Balaban J connectivity index is 2.42. The summed E-state index contributed by atoms with van der Waals surface area (Å²) < 4.78 is 11.4. The molecule has 0 aliphatic heterocycles. The molecule has 0 N–H and O–H groups in total. The Bertz CT molecular complexity index is 853. The summed E-state index contributed by atoms with van der Waals surface area (Å²) in [5.41, 5.74) is 0.149. The molecule has 0 spiro atoms. The van der Waals surface area contributed by atoms with Crippen LogP contribution in [0.25, 0.3) is 10.2 Å². The van der Waals surface area contributed by atoms with Crippen LogP contribution in [0, 0.1) is 12.8 Å². The molecule has 1 atom stereocenters. The zero-order chi connectivity index (χ0) is 18.7. The summed E-state index contributed by atoms with van der Waals surface area (Å²) in [6.07, 6.45) is 1.32. The van der Waals surface area contributed by atoms with Gasteiger partial charge in [-0.2, -0.15) is 0 Å². The van der Waals surface area contributed by atoms with Gasteiger partial charge in [-0.25, -0.2) is 14.6 Å². The molecule has 2 heterocycles. The SMILES string of the molecule is CCOC(=O)c1sc2ncn([C@@H](C)C(=O)OCC(C)C)c(=O)c2c1C. The van der Waals surface area contributed by atoms with Gasteiger partial charge in [-0.1, -0.05) is 13.8 Å². The Hall–Kier alpha value is -2.22. The van der Waals surface area contributed by atoms with Crippen LogP contribution >= 0.6 is 11.3 Å². The molecule has 0 saturated heterocycles. The van der Waals surface area contributed by atoms with Crippen LogP contribution in [0.5, 0.6) is 0 Å². The van der Waals surface area contributed by atoms with Crippen molar-refractivity contribution in [3.05, 3.63) is 27.1 Å². The van der Waals surface area contributed by atoms with Gasteiger partial charge in [-0.3, -0.25) is 9.36 Å². The molecule has 8 heteroatoms. The number of rotatable bonds is 6. The zero-order valence-corrected chi connectivity index (χ0v) is 15.8. The zero-order valence-electron chi connectivity index (χ0n) is 15.0. The Morgan fingerprint density at radius 1 is 1.28 bits per heavy atom. The Morgan fingerprint density at radius 2 is 1.96 bits per heavy atom. The standard InChI is InChI=1S/C17H22N2O5S/c1-6-23-17(22)13-10(4)12-14(25-13)18-8-19(15(12)20)11(5)16(21)24-7-9(2)3/h8-9,11H,6-7H2,1-5H3/t11-/m0/s1.